The summed E-state index contributed by atoms with van der Waals surface area (Å²) in [6.45, 7) is 6.31. The summed E-state index contributed by atoms with van der Waals surface area (Å²) in [5, 5.41) is 7.09. The van der Waals surface area contributed by atoms with Crippen molar-refractivity contribution in [2.75, 3.05) is 27.4 Å². The molecule has 0 radical (unpaired) electrons. The molecule has 0 atom stereocenters. The van der Waals surface area contributed by atoms with Crippen molar-refractivity contribution < 1.29 is 14.2 Å². The highest BCUT2D eigenvalue weighted by Crippen LogP contribution is 2.36. The van der Waals surface area contributed by atoms with E-state index in [2.05, 4.69) is 15.6 Å². The molecule has 0 saturated heterocycles. The van der Waals surface area contributed by atoms with Gasteiger partial charge in [-0.2, -0.15) is 0 Å². The quantitative estimate of drug-likeness (QED) is 0.280. The number of halogens is 2. The standard InChI is InChI=1S/C21H28ClN3O3.HI/c1-5-23-21(24-13-15-8-7-9-17(10-15)26-3)25-14-16-11-18(22)20(28-6-2)19(12-16)27-4;/h7-12H,5-6,13-14H2,1-4H3,(H2,23,24,25);1H. The number of hydrogen-bond donors (Lipinski definition) is 2. The van der Waals surface area contributed by atoms with Gasteiger partial charge in [-0.15, -0.1) is 24.0 Å². The lowest BCUT2D eigenvalue weighted by Crippen LogP contribution is -2.36. The van der Waals surface area contributed by atoms with Crippen LogP contribution >= 0.6 is 35.6 Å². The van der Waals surface area contributed by atoms with Gasteiger partial charge in [0.2, 0.25) is 0 Å². The summed E-state index contributed by atoms with van der Waals surface area (Å²) >= 11 is 6.34. The third-order valence-corrected chi connectivity index (χ3v) is 4.22. The van der Waals surface area contributed by atoms with Gasteiger partial charge in [0.15, 0.2) is 17.5 Å². The Morgan fingerprint density at radius 3 is 2.48 bits per heavy atom. The first-order valence-corrected chi connectivity index (χ1v) is 9.63. The van der Waals surface area contributed by atoms with E-state index in [4.69, 9.17) is 25.8 Å². The molecule has 0 spiro atoms. The fraction of sp³-hybridized carbons (Fsp3) is 0.381. The SMILES string of the molecule is CCNC(=NCc1cc(Cl)c(OCC)c(OC)c1)NCc1cccc(OC)c1.I. The number of benzene rings is 2. The first-order valence-electron chi connectivity index (χ1n) is 9.25. The molecule has 0 bridgehead atoms. The van der Waals surface area contributed by atoms with Gasteiger partial charge in [0.05, 0.1) is 32.4 Å². The average molecular weight is 534 g/mol. The van der Waals surface area contributed by atoms with Gasteiger partial charge in [-0.05, 0) is 49.2 Å². The van der Waals surface area contributed by atoms with Gasteiger partial charge in [-0.1, -0.05) is 23.7 Å². The van der Waals surface area contributed by atoms with Crippen LogP contribution in [-0.2, 0) is 13.1 Å². The Bertz CT molecular complexity index is 803. The Morgan fingerprint density at radius 2 is 1.83 bits per heavy atom. The van der Waals surface area contributed by atoms with Crippen molar-refractivity contribution in [1.82, 2.24) is 10.6 Å². The molecular weight excluding hydrogens is 505 g/mol. The fourth-order valence-corrected chi connectivity index (χ4v) is 2.92. The molecule has 0 amide bonds. The molecule has 0 saturated carbocycles. The predicted octanol–water partition coefficient (Wildman–Crippen LogP) is 4.63. The summed E-state index contributed by atoms with van der Waals surface area (Å²) in [4.78, 5) is 4.64. The first kappa shape index (κ1) is 25.2. The van der Waals surface area contributed by atoms with Crippen molar-refractivity contribution in [2.24, 2.45) is 4.99 Å². The highest BCUT2D eigenvalue weighted by molar-refractivity contribution is 14.0. The van der Waals surface area contributed by atoms with Crippen LogP contribution in [0.4, 0.5) is 0 Å². The lowest BCUT2D eigenvalue weighted by molar-refractivity contribution is 0.311. The maximum absolute atomic E-state index is 6.34. The Kier molecular flexibility index (Phi) is 11.6. The predicted molar refractivity (Wildman–Crippen MR) is 129 cm³/mol. The van der Waals surface area contributed by atoms with E-state index in [1.54, 1.807) is 14.2 Å². The summed E-state index contributed by atoms with van der Waals surface area (Å²) < 4.78 is 16.2. The van der Waals surface area contributed by atoms with Gasteiger partial charge in [0.1, 0.15) is 5.75 Å². The molecule has 2 rings (SSSR count). The van der Waals surface area contributed by atoms with Gasteiger partial charge in [-0.25, -0.2) is 4.99 Å². The zero-order chi connectivity index (χ0) is 20.4. The highest BCUT2D eigenvalue weighted by atomic mass is 127. The van der Waals surface area contributed by atoms with E-state index in [0.29, 0.717) is 42.2 Å². The number of rotatable bonds is 9. The van der Waals surface area contributed by atoms with Crippen LogP contribution < -0.4 is 24.8 Å². The van der Waals surface area contributed by atoms with Crippen LogP contribution in [0, 0.1) is 0 Å². The number of aliphatic imine (C=N–C) groups is 1. The van der Waals surface area contributed by atoms with Gasteiger partial charge < -0.3 is 24.8 Å². The summed E-state index contributed by atoms with van der Waals surface area (Å²) in [5.41, 5.74) is 2.04. The second kappa shape index (κ2) is 13.4. The van der Waals surface area contributed by atoms with E-state index in [1.165, 1.54) is 0 Å². The van der Waals surface area contributed by atoms with Crippen LogP contribution in [0.5, 0.6) is 17.2 Å². The van der Waals surface area contributed by atoms with E-state index in [-0.39, 0.29) is 24.0 Å². The minimum atomic E-state index is 0. The largest absolute Gasteiger partial charge is 0.497 e. The zero-order valence-corrected chi connectivity index (χ0v) is 20.3. The van der Waals surface area contributed by atoms with Crippen molar-refractivity contribution in [3.8, 4) is 17.2 Å². The number of nitrogens with zero attached hydrogens (tertiary/aromatic N) is 1. The minimum Gasteiger partial charge on any atom is -0.497 e. The third kappa shape index (κ3) is 7.81. The van der Waals surface area contributed by atoms with E-state index < -0.39 is 0 Å². The molecule has 0 unspecified atom stereocenters. The topological polar surface area (TPSA) is 64.1 Å². The maximum Gasteiger partial charge on any atom is 0.191 e. The molecule has 0 aromatic heterocycles. The fourth-order valence-electron chi connectivity index (χ4n) is 2.63. The molecule has 160 valence electrons. The number of nitrogens with one attached hydrogen (secondary N) is 2. The summed E-state index contributed by atoms with van der Waals surface area (Å²) in [6.07, 6.45) is 0. The summed E-state index contributed by atoms with van der Waals surface area (Å²) in [7, 11) is 3.26. The third-order valence-electron chi connectivity index (χ3n) is 3.94. The summed E-state index contributed by atoms with van der Waals surface area (Å²) in [5.74, 6) is 2.71. The van der Waals surface area contributed by atoms with Gasteiger partial charge in [0, 0.05) is 13.1 Å². The molecule has 0 aliphatic rings. The van der Waals surface area contributed by atoms with E-state index in [1.807, 2.05) is 50.2 Å². The van der Waals surface area contributed by atoms with Crippen LogP contribution in [0.1, 0.15) is 25.0 Å². The molecule has 6 nitrogen and oxygen atoms in total. The minimum absolute atomic E-state index is 0. The highest BCUT2D eigenvalue weighted by Gasteiger charge is 2.11. The molecule has 0 heterocycles. The molecular formula is C21H29ClIN3O3. The van der Waals surface area contributed by atoms with Gasteiger partial charge >= 0.3 is 0 Å². The number of guanidine groups is 1. The Balaban J connectivity index is 0.00000420. The molecule has 2 N–H and O–H groups in total. The molecule has 0 fully saturated rings. The first-order chi connectivity index (χ1) is 13.6. The van der Waals surface area contributed by atoms with E-state index >= 15 is 0 Å². The van der Waals surface area contributed by atoms with Crippen LogP contribution in [0.2, 0.25) is 5.02 Å². The van der Waals surface area contributed by atoms with Crippen molar-refractivity contribution in [3.63, 3.8) is 0 Å². The smallest absolute Gasteiger partial charge is 0.191 e. The van der Waals surface area contributed by atoms with Crippen molar-refractivity contribution in [1.29, 1.82) is 0 Å². The molecule has 2 aromatic rings. The monoisotopic (exact) mass is 533 g/mol. The van der Waals surface area contributed by atoms with Crippen molar-refractivity contribution in [2.45, 2.75) is 26.9 Å². The average Bonchev–Trinajstić information content (AvgIpc) is 2.71. The Hall–Kier alpha value is -1.87. The van der Waals surface area contributed by atoms with Crippen LogP contribution in [0.25, 0.3) is 0 Å². The lowest BCUT2D eigenvalue weighted by atomic mass is 10.2. The second-order valence-electron chi connectivity index (χ2n) is 5.94. The van der Waals surface area contributed by atoms with Gasteiger partial charge in [-0.3, -0.25) is 0 Å². The lowest BCUT2D eigenvalue weighted by Gasteiger charge is -2.14. The van der Waals surface area contributed by atoms with E-state index in [0.717, 1.165) is 23.4 Å². The number of methoxy groups -OCH3 is 2. The molecule has 8 heteroatoms. The number of hydrogen-bond acceptors (Lipinski definition) is 4. The Morgan fingerprint density at radius 1 is 1.03 bits per heavy atom. The van der Waals surface area contributed by atoms with Crippen molar-refractivity contribution in [3.05, 3.63) is 52.5 Å². The number of ether oxygens (including phenoxy) is 3. The van der Waals surface area contributed by atoms with Crippen LogP contribution in [0.3, 0.4) is 0 Å². The van der Waals surface area contributed by atoms with Crippen molar-refractivity contribution >= 4 is 41.5 Å². The normalized spacial score (nSPS) is 10.7. The maximum atomic E-state index is 6.34. The summed E-state index contributed by atoms with van der Waals surface area (Å²) in [6, 6.07) is 11.7. The Labute approximate surface area is 195 Å². The second-order valence-corrected chi connectivity index (χ2v) is 6.35. The molecule has 0 aliphatic carbocycles. The zero-order valence-electron chi connectivity index (χ0n) is 17.3. The van der Waals surface area contributed by atoms with Gasteiger partial charge in [0.25, 0.3) is 0 Å². The van der Waals surface area contributed by atoms with Crippen LogP contribution in [-0.4, -0.2) is 33.3 Å². The molecule has 2 aromatic carbocycles. The van der Waals surface area contributed by atoms with E-state index in [9.17, 15) is 0 Å². The molecule has 29 heavy (non-hydrogen) atoms. The van der Waals surface area contributed by atoms with Crippen LogP contribution in [0.15, 0.2) is 41.4 Å². The molecule has 0 aliphatic heterocycles.